The van der Waals surface area contributed by atoms with E-state index in [9.17, 15) is 8.78 Å². The molecule has 13 heteroatoms. The molecule has 170 valence electrons. The van der Waals surface area contributed by atoms with E-state index in [1.807, 2.05) is 0 Å². The van der Waals surface area contributed by atoms with Crippen molar-refractivity contribution in [3.8, 4) is 11.5 Å². The molecule has 0 saturated heterocycles. The molecule has 0 aliphatic carbocycles. The predicted octanol–water partition coefficient (Wildman–Crippen LogP) is 4.44. The summed E-state index contributed by atoms with van der Waals surface area (Å²) in [6, 6.07) is 1.30. The predicted molar refractivity (Wildman–Crippen MR) is 117 cm³/mol. The summed E-state index contributed by atoms with van der Waals surface area (Å²) in [7, 11) is 3.19. The Morgan fingerprint density at radius 2 is 2.00 bits per heavy atom. The molecule has 1 N–H and O–H groups in total. The van der Waals surface area contributed by atoms with E-state index in [2.05, 4.69) is 30.5 Å². The van der Waals surface area contributed by atoms with E-state index in [0.29, 0.717) is 34.1 Å². The van der Waals surface area contributed by atoms with Crippen molar-refractivity contribution in [1.82, 2.24) is 38.9 Å². The fraction of sp³-hybridized carbons (Fsp3) is 0.250. The van der Waals surface area contributed by atoms with Gasteiger partial charge in [-0.05, 0) is 0 Å². The number of rotatable bonds is 6. The van der Waals surface area contributed by atoms with Crippen LogP contribution in [0.25, 0.3) is 16.7 Å². The van der Waals surface area contributed by atoms with Crippen LogP contribution in [0.5, 0.6) is 11.5 Å². The number of aryl methyl sites for hydroxylation is 2. The first-order valence-corrected chi connectivity index (χ1v) is 10.3. The van der Waals surface area contributed by atoms with Crippen molar-refractivity contribution in [3.05, 3.63) is 47.8 Å². The smallest absolute Gasteiger partial charge is 0.289 e. The Labute approximate surface area is 190 Å². The molecule has 5 aromatic rings. The Bertz CT molecular complexity index is 1490. The maximum atomic E-state index is 14.1. The van der Waals surface area contributed by atoms with Crippen LogP contribution in [0.3, 0.4) is 0 Å². The van der Waals surface area contributed by atoms with Gasteiger partial charge < -0.3 is 14.6 Å². The van der Waals surface area contributed by atoms with Crippen LogP contribution in [0.1, 0.15) is 19.0 Å². The zero-order valence-corrected chi connectivity index (χ0v) is 18.5. The lowest BCUT2D eigenvalue weighted by Gasteiger charge is -2.13. The lowest BCUT2D eigenvalue weighted by Crippen LogP contribution is -2.16. The fourth-order valence-corrected chi connectivity index (χ4v) is 3.77. The van der Waals surface area contributed by atoms with E-state index in [1.54, 1.807) is 40.9 Å². The monoisotopic (exact) mass is 473 g/mol. The molecule has 0 atom stereocenters. The largest absolute Gasteiger partial charge is 0.450 e. The van der Waals surface area contributed by atoms with Crippen molar-refractivity contribution in [1.29, 1.82) is 0 Å². The Kier molecular flexibility index (Phi) is 4.89. The first-order valence-electron chi connectivity index (χ1n) is 9.94. The van der Waals surface area contributed by atoms with Crippen molar-refractivity contribution in [2.24, 2.45) is 14.1 Å². The third-order valence-corrected chi connectivity index (χ3v) is 5.62. The summed E-state index contributed by atoms with van der Waals surface area (Å²) in [5, 5.41) is 11.6. The van der Waals surface area contributed by atoms with Crippen molar-refractivity contribution in [2.45, 2.75) is 19.3 Å². The Balaban J connectivity index is 1.49. The number of hydrogen-bond donors (Lipinski definition) is 1. The maximum Gasteiger partial charge on any atom is 0.289 e. The molecule has 0 bridgehead atoms. The minimum atomic E-state index is -2.99. The topological polar surface area (TPSA) is 100.0 Å². The molecule has 0 unspecified atom stereocenters. The van der Waals surface area contributed by atoms with Gasteiger partial charge in [-0.3, -0.25) is 9.67 Å². The molecular weight excluding hydrogens is 456 g/mol. The third-order valence-electron chi connectivity index (χ3n) is 5.25. The highest BCUT2D eigenvalue weighted by atomic mass is 35.5. The second kappa shape index (κ2) is 7.66. The number of aromatic nitrogens is 8. The Hall–Kier alpha value is -3.80. The Morgan fingerprint density at radius 3 is 2.79 bits per heavy atom. The average Bonchev–Trinajstić information content (AvgIpc) is 3.47. The quantitative estimate of drug-likeness (QED) is 0.389. The number of hydrogen-bond acceptors (Lipinski definition) is 7. The van der Waals surface area contributed by atoms with Gasteiger partial charge in [0.2, 0.25) is 5.95 Å². The van der Waals surface area contributed by atoms with Crippen LogP contribution in [0, 0.1) is 0 Å². The molecule has 0 saturated carbocycles. The molecule has 10 nitrogen and oxygen atoms in total. The fourth-order valence-electron chi connectivity index (χ4n) is 3.47. The van der Waals surface area contributed by atoms with Crippen molar-refractivity contribution in [2.75, 3.05) is 5.32 Å². The molecule has 0 radical (unpaired) electrons. The van der Waals surface area contributed by atoms with Gasteiger partial charge in [0.25, 0.3) is 5.92 Å². The van der Waals surface area contributed by atoms with E-state index in [4.69, 9.17) is 16.3 Å². The van der Waals surface area contributed by atoms with Gasteiger partial charge in [0.15, 0.2) is 23.0 Å². The number of nitrogens with zero attached hydrogens (tertiary/aromatic N) is 8. The molecule has 0 aliphatic rings. The van der Waals surface area contributed by atoms with Gasteiger partial charge >= 0.3 is 0 Å². The lowest BCUT2D eigenvalue weighted by atomic mass is 10.2. The average molecular weight is 474 g/mol. The summed E-state index contributed by atoms with van der Waals surface area (Å²) in [5.41, 5.74) is 1.33. The van der Waals surface area contributed by atoms with Crippen LogP contribution < -0.4 is 10.1 Å². The second-order valence-electron chi connectivity index (χ2n) is 7.34. The molecule has 0 fully saturated rings. The minimum absolute atomic E-state index is 0.194. The molecule has 0 aliphatic heterocycles. The van der Waals surface area contributed by atoms with E-state index in [1.165, 1.54) is 26.2 Å². The van der Waals surface area contributed by atoms with Crippen LogP contribution in [0.4, 0.5) is 20.5 Å². The van der Waals surface area contributed by atoms with Crippen molar-refractivity contribution in [3.63, 3.8) is 0 Å². The second-order valence-corrected chi connectivity index (χ2v) is 7.72. The molecule has 5 rings (SSSR count). The molecule has 5 heterocycles. The number of imidazole rings is 1. The summed E-state index contributed by atoms with van der Waals surface area (Å²) >= 11 is 6.62. The van der Waals surface area contributed by atoms with Gasteiger partial charge in [-0.2, -0.15) is 24.0 Å². The highest BCUT2D eigenvalue weighted by Crippen LogP contribution is 2.37. The number of anilines is 2. The number of fused-ring (bicyclic) bond motifs is 2. The molecule has 5 aromatic heterocycles. The van der Waals surface area contributed by atoms with Gasteiger partial charge in [-0.15, -0.1) is 0 Å². The summed E-state index contributed by atoms with van der Waals surface area (Å²) in [5.74, 6) is -1.66. The van der Waals surface area contributed by atoms with Crippen molar-refractivity contribution < 1.29 is 13.5 Å². The normalized spacial score (nSPS) is 12.1. The van der Waals surface area contributed by atoms with E-state index >= 15 is 0 Å². The molecular formula is C20H18ClF2N9O. The first-order chi connectivity index (χ1) is 15.8. The van der Waals surface area contributed by atoms with E-state index in [0.717, 1.165) is 4.68 Å². The van der Waals surface area contributed by atoms with Crippen LogP contribution in [-0.2, 0) is 20.0 Å². The standard InChI is InChI=1S/C20H18ClF2N9O/c1-4-20(22,23)14-7-15(29-31(14)3)27-19-28-18-17(30(19)2)16(21)13(9-25-18)33-12-10-26-32-6-5-24-8-11(12)32/h5-10H,4H2,1-3H3,(H,25,27,28,29). The summed E-state index contributed by atoms with van der Waals surface area (Å²) in [4.78, 5) is 12.8. The van der Waals surface area contributed by atoms with Crippen molar-refractivity contribution >= 4 is 40.0 Å². The van der Waals surface area contributed by atoms with Gasteiger partial charge in [0, 0.05) is 39.0 Å². The first kappa shape index (κ1) is 21.1. The van der Waals surface area contributed by atoms with Gasteiger partial charge in [-0.25, -0.2) is 9.50 Å². The lowest BCUT2D eigenvalue weighted by molar-refractivity contribution is -0.0164. The number of pyridine rings is 1. The van der Waals surface area contributed by atoms with Crippen LogP contribution in [0.15, 0.2) is 37.1 Å². The molecule has 33 heavy (non-hydrogen) atoms. The third kappa shape index (κ3) is 3.52. The number of alkyl halides is 2. The zero-order chi connectivity index (χ0) is 23.3. The maximum absolute atomic E-state index is 14.1. The van der Waals surface area contributed by atoms with Crippen LogP contribution in [0.2, 0.25) is 5.02 Å². The summed E-state index contributed by atoms with van der Waals surface area (Å²) < 4.78 is 38.6. The highest BCUT2D eigenvalue weighted by Gasteiger charge is 2.33. The number of ether oxygens (including phenoxy) is 1. The van der Waals surface area contributed by atoms with Gasteiger partial charge in [0.1, 0.15) is 21.7 Å². The Morgan fingerprint density at radius 1 is 1.18 bits per heavy atom. The molecule has 0 amide bonds. The van der Waals surface area contributed by atoms with E-state index in [-0.39, 0.29) is 23.0 Å². The van der Waals surface area contributed by atoms with Gasteiger partial charge in [0.05, 0.1) is 18.6 Å². The van der Waals surface area contributed by atoms with Crippen LogP contribution in [-0.4, -0.2) is 38.9 Å². The molecule has 0 spiro atoms. The van der Waals surface area contributed by atoms with Gasteiger partial charge in [-0.1, -0.05) is 18.5 Å². The number of halogens is 3. The molecule has 0 aromatic carbocycles. The summed E-state index contributed by atoms with van der Waals surface area (Å²) in [6.07, 6.45) is 7.62. The SMILES string of the molecule is CCC(F)(F)c1cc(Nc2nc3ncc(Oc4cnn5ccncc45)c(Cl)c3n2C)nn1C. The highest BCUT2D eigenvalue weighted by molar-refractivity contribution is 6.36. The van der Waals surface area contributed by atoms with Crippen LogP contribution >= 0.6 is 11.6 Å². The summed E-state index contributed by atoms with van der Waals surface area (Å²) in [6.45, 7) is 1.42. The minimum Gasteiger partial charge on any atom is -0.450 e. The zero-order valence-electron chi connectivity index (χ0n) is 17.8. The number of nitrogens with one attached hydrogen (secondary N) is 1. The van der Waals surface area contributed by atoms with E-state index < -0.39 is 5.92 Å².